The molecular formula is C7H10O. The maximum absolute atomic E-state index is 7.64. The third-order valence-electron chi connectivity index (χ3n) is 0.295. The highest BCUT2D eigenvalue weighted by atomic mass is 16.2. The van der Waals surface area contributed by atoms with E-state index in [0.29, 0.717) is 0 Å². The smallest absolute Gasteiger partial charge is 0.103 e. The zero-order chi connectivity index (χ0) is 6.83. The molecule has 0 radical (unpaired) electrons. The van der Waals surface area contributed by atoms with E-state index in [4.69, 9.17) is 11.5 Å². The second-order valence-electron chi connectivity index (χ2n) is 0.920. The molecule has 0 aromatic carbocycles. The van der Waals surface area contributed by atoms with Gasteiger partial charge in [-0.2, -0.15) is 0 Å². The summed E-state index contributed by atoms with van der Waals surface area (Å²) in [4.78, 5) is 0. The molecule has 0 saturated heterocycles. The van der Waals surface area contributed by atoms with E-state index in [2.05, 4.69) is 12.3 Å². The molecular weight excluding hydrogens is 100 g/mol. The van der Waals surface area contributed by atoms with Crippen molar-refractivity contribution in [2.75, 3.05) is 6.61 Å². The molecule has 1 nitrogen and oxygen atoms in total. The molecule has 44 valence electrons. The van der Waals surface area contributed by atoms with Crippen molar-refractivity contribution < 1.29 is 5.11 Å². The second kappa shape index (κ2) is 16.5. The molecule has 0 aromatic rings. The molecule has 0 aliphatic rings. The van der Waals surface area contributed by atoms with Gasteiger partial charge in [-0.25, -0.2) is 0 Å². The molecule has 8 heavy (non-hydrogen) atoms. The summed E-state index contributed by atoms with van der Waals surface area (Å²) in [7, 11) is 0. The lowest BCUT2D eigenvalue weighted by molar-refractivity contribution is 0.351. The monoisotopic (exact) mass is 110 g/mol. The van der Waals surface area contributed by atoms with Crippen LogP contribution in [0.1, 0.15) is 13.3 Å². The van der Waals surface area contributed by atoms with Gasteiger partial charge in [0.15, 0.2) is 0 Å². The first-order valence-corrected chi connectivity index (χ1v) is 2.31. The van der Waals surface area contributed by atoms with Crippen LogP contribution in [0.5, 0.6) is 0 Å². The highest BCUT2D eigenvalue weighted by Crippen LogP contribution is 1.58. The van der Waals surface area contributed by atoms with E-state index in [-0.39, 0.29) is 6.61 Å². The molecule has 0 aliphatic carbocycles. The van der Waals surface area contributed by atoms with E-state index in [1.807, 2.05) is 12.8 Å². The molecule has 1 N–H and O–H groups in total. The summed E-state index contributed by atoms with van der Waals surface area (Å²) < 4.78 is 0. The quantitative estimate of drug-likeness (QED) is 0.454. The lowest BCUT2D eigenvalue weighted by atomic mass is 10.5. The fourth-order valence-electron chi connectivity index (χ4n) is 0. The van der Waals surface area contributed by atoms with Crippen LogP contribution in [-0.4, -0.2) is 11.7 Å². The summed E-state index contributed by atoms with van der Waals surface area (Å²) in [5, 5.41) is 7.64. The van der Waals surface area contributed by atoms with Gasteiger partial charge >= 0.3 is 0 Å². The zero-order valence-corrected chi connectivity index (χ0v) is 5.02. The van der Waals surface area contributed by atoms with E-state index in [0.717, 1.165) is 6.42 Å². The molecule has 0 aliphatic heterocycles. The van der Waals surface area contributed by atoms with Gasteiger partial charge in [-0.3, -0.25) is 0 Å². The lowest BCUT2D eigenvalue weighted by Gasteiger charge is -1.55. The molecule has 0 amide bonds. The molecule has 0 bridgehead atoms. The van der Waals surface area contributed by atoms with Crippen LogP contribution in [0.2, 0.25) is 0 Å². The van der Waals surface area contributed by atoms with Crippen molar-refractivity contribution in [3.05, 3.63) is 0 Å². The molecule has 0 spiro atoms. The number of aliphatic hydroxyl groups is 1. The van der Waals surface area contributed by atoms with Crippen LogP contribution < -0.4 is 0 Å². The number of aliphatic hydroxyl groups excluding tert-OH is 1. The number of hydrogen-bond donors (Lipinski definition) is 1. The Kier molecular flexibility index (Phi) is 21.0. The molecule has 0 unspecified atom stereocenters. The predicted octanol–water partition coefficient (Wildman–Crippen LogP) is 0.641. The molecule has 1 heteroatoms. The molecule has 0 fully saturated rings. The number of rotatable bonds is 0. The normalized spacial score (nSPS) is 5.00. The fourth-order valence-corrected chi connectivity index (χ4v) is 0. The minimum Gasteiger partial charge on any atom is -0.384 e. The summed E-state index contributed by atoms with van der Waals surface area (Å²) in [6, 6.07) is 0. The van der Waals surface area contributed by atoms with E-state index in [9.17, 15) is 0 Å². The van der Waals surface area contributed by atoms with Crippen LogP contribution in [-0.2, 0) is 0 Å². The van der Waals surface area contributed by atoms with Gasteiger partial charge < -0.3 is 5.11 Å². The minimum atomic E-state index is -0.153. The Balaban J connectivity index is 0. The van der Waals surface area contributed by atoms with Crippen molar-refractivity contribution in [2.45, 2.75) is 13.3 Å². The average Bonchev–Trinajstić information content (AvgIpc) is 1.88. The third-order valence-corrected chi connectivity index (χ3v) is 0.295. The Morgan fingerprint density at radius 2 is 1.62 bits per heavy atom. The number of terminal acetylenes is 2. The first-order valence-electron chi connectivity index (χ1n) is 2.31. The van der Waals surface area contributed by atoms with Gasteiger partial charge in [-0.15, -0.1) is 18.8 Å². The average molecular weight is 110 g/mol. The summed E-state index contributed by atoms with van der Waals surface area (Å²) >= 11 is 0. The topological polar surface area (TPSA) is 20.2 Å². The molecule has 0 saturated carbocycles. The van der Waals surface area contributed by atoms with Crippen molar-refractivity contribution >= 4 is 0 Å². The third kappa shape index (κ3) is 72.5. The second-order valence-corrected chi connectivity index (χ2v) is 0.920. The number of hydrogen-bond acceptors (Lipinski definition) is 1. The summed E-state index contributed by atoms with van der Waals surface area (Å²) in [6.45, 7) is 1.79. The Morgan fingerprint density at radius 1 is 1.38 bits per heavy atom. The largest absolute Gasteiger partial charge is 0.384 e. The lowest BCUT2D eigenvalue weighted by Crippen LogP contribution is -1.64. The first kappa shape index (κ1) is 10.1. The van der Waals surface area contributed by atoms with Crippen molar-refractivity contribution in [1.82, 2.24) is 0 Å². The van der Waals surface area contributed by atoms with Gasteiger partial charge in [0.05, 0.1) is 0 Å². The van der Waals surface area contributed by atoms with E-state index < -0.39 is 0 Å². The van der Waals surface area contributed by atoms with Crippen LogP contribution in [0.3, 0.4) is 0 Å². The molecule has 0 aromatic heterocycles. The Hall–Kier alpha value is -0.920. The van der Waals surface area contributed by atoms with E-state index >= 15 is 0 Å². The van der Waals surface area contributed by atoms with Gasteiger partial charge in [0.25, 0.3) is 0 Å². The Morgan fingerprint density at radius 3 is 1.62 bits per heavy atom. The van der Waals surface area contributed by atoms with Crippen LogP contribution in [0.15, 0.2) is 0 Å². The standard InChI is InChI=1S/C4H6.C3H4O/c1-3-4-2;1-2-3-4/h1H,4H2,2H3;1,4H,3H2. The Bertz CT molecular complexity index is 77.9. The minimum absolute atomic E-state index is 0.153. The van der Waals surface area contributed by atoms with Gasteiger partial charge in [0, 0.05) is 6.42 Å². The van der Waals surface area contributed by atoms with Crippen LogP contribution in [0, 0.1) is 24.7 Å². The summed E-state index contributed by atoms with van der Waals surface area (Å²) in [5.41, 5.74) is 0. The molecule has 0 atom stereocenters. The van der Waals surface area contributed by atoms with Gasteiger partial charge in [-0.05, 0) is 0 Å². The highest BCUT2D eigenvalue weighted by Gasteiger charge is 1.44. The highest BCUT2D eigenvalue weighted by molar-refractivity contribution is 4.81. The zero-order valence-electron chi connectivity index (χ0n) is 5.02. The van der Waals surface area contributed by atoms with E-state index in [1.165, 1.54) is 0 Å². The predicted molar refractivity (Wildman–Crippen MR) is 35.0 cm³/mol. The van der Waals surface area contributed by atoms with Crippen LogP contribution in [0.4, 0.5) is 0 Å². The van der Waals surface area contributed by atoms with Crippen LogP contribution >= 0.6 is 0 Å². The van der Waals surface area contributed by atoms with Crippen LogP contribution in [0.25, 0.3) is 0 Å². The van der Waals surface area contributed by atoms with Gasteiger partial charge in [0.1, 0.15) is 6.61 Å². The Labute approximate surface area is 50.7 Å². The maximum atomic E-state index is 7.64. The van der Waals surface area contributed by atoms with Gasteiger partial charge in [0.2, 0.25) is 0 Å². The SMILES string of the molecule is C#CCC.C#CCO. The molecule has 0 rings (SSSR count). The first-order chi connectivity index (χ1) is 3.83. The molecule has 0 heterocycles. The summed E-state index contributed by atoms with van der Waals surface area (Å²) in [6.07, 6.45) is 10.2. The van der Waals surface area contributed by atoms with Crippen molar-refractivity contribution in [3.63, 3.8) is 0 Å². The van der Waals surface area contributed by atoms with Gasteiger partial charge in [-0.1, -0.05) is 12.8 Å². The van der Waals surface area contributed by atoms with Crippen molar-refractivity contribution in [3.8, 4) is 24.7 Å². The van der Waals surface area contributed by atoms with Crippen molar-refractivity contribution in [2.24, 2.45) is 0 Å². The van der Waals surface area contributed by atoms with Crippen molar-refractivity contribution in [1.29, 1.82) is 0 Å². The maximum Gasteiger partial charge on any atom is 0.103 e. The fraction of sp³-hybridized carbons (Fsp3) is 0.429. The van der Waals surface area contributed by atoms with E-state index in [1.54, 1.807) is 0 Å². The summed E-state index contributed by atoms with van der Waals surface area (Å²) in [5.74, 6) is 4.42.